The zero-order chi connectivity index (χ0) is 13.2. The summed E-state index contributed by atoms with van der Waals surface area (Å²) in [7, 11) is 0. The van der Waals surface area contributed by atoms with Crippen LogP contribution in [-0.2, 0) is 11.3 Å². The second-order valence-electron chi connectivity index (χ2n) is 5.42. The van der Waals surface area contributed by atoms with E-state index in [2.05, 4.69) is 32.6 Å². The number of nitrogens with zero attached hydrogens (tertiary/aromatic N) is 1. The largest absolute Gasteiger partial charge is 0.340 e. The molecule has 1 fully saturated rings. The molecule has 0 aliphatic heterocycles. The molecule has 1 heterocycles. The van der Waals surface area contributed by atoms with E-state index >= 15 is 0 Å². The fourth-order valence-corrected chi connectivity index (χ4v) is 3.53. The Bertz CT molecular complexity index is 596. The summed E-state index contributed by atoms with van der Waals surface area (Å²) in [6.45, 7) is 0.518. The van der Waals surface area contributed by atoms with Gasteiger partial charge >= 0.3 is 0 Å². The lowest BCUT2D eigenvalue weighted by Crippen LogP contribution is -2.22. The second kappa shape index (κ2) is 5.49. The first-order valence-electron chi connectivity index (χ1n) is 7.02. The van der Waals surface area contributed by atoms with Gasteiger partial charge in [0.15, 0.2) is 5.78 Å². The summed E-state index contributed by atoms with van der Waals surface area (Å²) in [5, 5.41) is 1.18. The Hall–Kier alpha value is -1.09. The van der Waals surface area contributed by atoms with Crippen molar-refractivity contribution >= 4 is 32.6 Å². The van der Waals surface area contributed by atoms with Gasteiger partial charge in [-0.3, -0.25) is 4.79 Å². The van der Waals surface area contributed by atoms with Gasteiger partial charge in [-0.1, -0.05) is 41.3 Å². The molecule has 1 aromatic heterocycles. The lowest BCUT2D eigenvalue weighted by atomic mass is 9.86. The van der Waals surface area contributed by atoms with Crippen molar-refractivity contribution in [1.82, 2.24) is 4.57 Å². The minimum atomic E-state index is 0.290. The first-order chi connectivity index (χ1) is 9.25. The van der Waals surface area contributed by atoms with Crippen LogP contribution in [0.5, 0.6) is 0 Å². The Balaban J connectivity index is 1.81. The molecule has 0 saturated heterocycles. The number of Topliss-reactive ketones (excluding diaryl/α,β-unsaturated/α-hetero) is 1. The van der Waals surface area contributed by atoms with Crippen LogP contribution < -0.4 is 0 Å². The molecule has 0 atom stereocenters. The van der Waals surface area contributed by atoms with Crippen LogP contribution in [0, 0.1) is 5.92 Å². The van der Waals surface area contributed by atoms with Crippen molar-refractivity contribution in [3.63, 3.8) is 0 Å². The van der Waals surface area contributed by atoms with E-state index < -0.39 is 0 Å². The van der Waals surface area contributed by atoms with Crippen molar-refractivity contribution < 1.29 is 4.79 Å². The van der Waals surface area contributed by atoms with Crippen LogP contribution >= 0.6 is 15.9 Å². The van der Waals surface area contributed by atoms with Gasteiger partial charge in [-0.15, -0.1) is 0 Å². The molecular weight excluding hydrogens is 302 g/mol. The van der Waals surface area contributed by atoms with E-state index in [0.717, 1.165) is 22.8 Å². The molecule has 3 heteroatoms. The van der Waals surface area contributed by atoms with E-state index in [4.69, 9.17) is 0 Å². The lowest BCUT2D eigenvalue weighted by molar-refractivity contribution is -0.124. The predicted molar refractivity (Wildman–Crippen MR) is 81.2 cm³/mol. The summed E-state index contributed by atoms with van der Waals surface area (Å²) in [5.74, 6) is 0.690. The number of halogens is 1. The number of ketones is 1. The van der Waals surface area contributed by atoms with Crippen LogP contribution in [0.3, 0.4) is 0 Å². The van der Waals surface area contributed by atoms with Crippen LogP contribution in [0.25, 0.3) is 10.9 Å². The average Bonchev–Trinajstić information content (AvgIpc) is 2.84. The zero-order valence-electron chi connectivity index (χ0n) is 10.9. The maximum atomic E-state index is 12.4. The summed E-state index contributed by atoms with van der Waals surface area (Å²) in [4.78, 5) is 12.4. The van der Waals surface area contributed by atoms with Gasteiger partial charge in [-0.05, 0) is 31.0 Å². The predicted octanol–water partition coefficient (Wildman–Crippen LogP) is 4.55. The number of fused-ring (bicyclic) bond motifs is 1. The monoisotopic (exact) mass is 319 g/mol. The smallest absolute Gasteiger partial charge is 0.155 e. The van der Waals surface area contributed by atoms with Crippen molar-refractivity contribution in [2.75, 3.05) is 0 Å². The highest BCUT2D eigenvalue weighted by atomic mass is 79.9. The molecule has 0 bridgehead atoms. The van der Waals surface area contributed by atoms with Crippen molar-refractivity contribution in [3.8, 4) is 0 Å². The standard InChI is InChI=1S/C16H18BrNO/c17-14-7-4-8-15-13(14)9-10-18(15)11-16(19)12-5-2-1-3-6-12/h4,7-10,12H,1-3,5-6,11H2. The molecule has 19 heavy (non-hydrogen) atoms. The van der Waals surface area contributed by atoms with Gasteiger partial charge in [-0.2, -0.15) is 0 Å². The Morgan fingerprint density at radius 2 is 2.00 bits per heavy atom. The number of benzene rings is 1. The quantitative estimate of drug-likeness (QED) is 0.813. The highest BCUT2D eigenvalue weighted by molar-refractivity contribution is 9.10. The minimum Gasteiger partial charge on any atom is -0.340 e. The van der Waals surface area contributed by atoms with E-state index in [1.807, 2.05) is 18.3 Å². The van der Waals surface area contributed by atoms with E-state index in [1.165, 1.54) is 24.6 Å². The molecule has 0 spiro atoms. The summed E-state index contributed by atoms with van der Waals surface area (Å²) in [6, 6.07) is 8.21. The summed E-state index contributed by atoms with van der Waals surface area (Å²) in [6.07, 6.45) is 7.92. The third kappa shape index (κ3) is 2.62. The lowest BCUT2D eigenvalue weighted by Gasteiger charge is -2.20. The van der Waals surface area contributed by atoms with Gasteiger partial charge < -0.3 is 4.57 Å². The molecule has 2 nitrogen and oxygen atoms in total. The van der Waals surface area contributed by atoms with Crippen LogP contribution in [0.1, 0.15) is 32.1 Å². The maximum absolute atomic E-state index is 12.4. The highest BCUT2D eigenvalue weighted by Gasteiger charge is 2.21. The summed E-state index contributed by atoms with van der Waals surface area (Å²) < 4.78 is 3.17. The van der Waals surface area contributed by atoms with Gasteiger partial charge in [0.05, 0.1) is 6.54 Å². The fraction of sp³-hybridized carbons (Fsp3) is 0.438. The summed E-state index contributed by atoms with van der Waals surface area (Å²) in [5.41, 5.74) is 1.14. The molecule has 1 aromatic carbocycles. The Labute approximate surface area is 121 Å². The van der Waals surface area contributed by atoms with Gasteiger partial charge in [-0.25, -0.2) is 0 Å². The zero-order valence-corrected chi connectivity index (χ0v) is 12.5. The van der Waals surface area contributed by atoms with Gasteiger partial charge in [0.1, 0.15) is 0 Å². The molecular formula is C16H18BrNO. The summed E-state index contributed by atoms with van der Waals surface area (Å²) >= 11 is 3.55. The molecule has 0 amide bonds. The Kier molecular flexibility index (Phi) is 3.74. The molecule has 3 rings (SSSR count). The topological polar surface area (TPSA) is 22.0 Å². The number of aromatic nitrogens is 1. The van der Waals surface area contributed by atoms with Gasteiger partial charge in [0.25, 0.3) is 0 Å². The van der Waals surface area contributed by atoms with Crippen molar-refractivity contribution in [3.05, 3.63) is 34.9 Å². The second-order valence-corrected chi connectivity index (χ2v) is 6.27. The molecule has 1 saturated carbocycles. The minimum absolute atomic E-state index is 0.290. The number of rotatable bonds is 3. The van der Waals surface area contributed by atoms with Crippen molar-refractivity contribution in [1.29, 1.82) is 0 Å². The third-order valence-electron chi connectivity index (χ3n) is 4.15. The molecule has 0 N–H and O–H groups in total. The molecule has 100 valence electrons. The maximum Gasteiger partial charge on any atom is 0.155 e. The first kappa shape index (κ1) is 12.9. The van der Waals surface area contributed by atoms with Crippen molar-refractivity contribution in [2.24, 2.45) is 5.92 Å². The third-order valence-corrected chi connectivity index (χ3v) is 4.84. The highest BCUT2D eigenvalue weighted by Crippen LogP contribution is 2.27. The van der Waals surface area contributed by atoms with Crippen LogP contribution in [0.4, 0.5) is 0 Å². The van der Waals surface area contributed by atoms with E-state index in [-0.39, 0.29) is 0 Å². The average molecular weight is 320 g/mol. The number of carbonyl (C=O) groups is 1. The molecule has 1 aliphatic rings. The number of hydrogen-bond acceptors (Lipinski definition) is 1. The van der Waals surface area contributed by atoms with E-state index in [9.17, 15) is 4.79 Å². The SMILES string of the molecule is O=C(Cn1ccc2c(Br)cccc21)C1CCCCC1. The Morgan fingerprint density at radius 3 is 2.79 bits per heavy atom. The van der Waals surface area contributed by atoms with E-state index in [1.54, 1.807) is 0 Å². The number of carbonyl (C=O) groups excluding carboxylic acids is 1. The Morgan fingerprint density at radius 1 is 1.21 bits per heavy atom. The molecule has 0 unspecified atom stereocenters. The molecule has 2 aromatic rings. The van der Waals surface area contributed by atoms with Crippen LogP contribution in [0.2, 0.25) is 0 Å². The normalized spacial score (nSPS) is 16.9. The molecule has 0 radical (unpaired) electrons. The van der Waals surface area contributed by atoms with Gasteiger partial charge in [0, 0.05) is 27.5 Å². The van der Waals surface area contributed by atoms with Crippen LogP contribution in [-0.4, -0.2) is 10.4 Å². The van der Waals surface area contributed by atoms with Crippen molar-refractivity contribution in [2.45, 2.75) is 38.6 Å². The molecule has 1 aliphatic carbocycles. The van der Waals surface area contributed by atoms with E-state index in [0.29, 0.717) is 18.2 Å². The first-order valence-corrected chi connectivity index (χ1v) is 7.81. The number of hydrogen-bond donors (Lipinski definition) is 0. The van der Waals surface area contributed by atoms with Crippen LogP contribution in [0.15, 0.2) is 34.9 Å². The van der Waals surface area contributed by atoms with Gasteiger partial charge in [0.2, 0.25) is 0 Å². The fourth-order valence-electron chi connectivity index (χ4n) is 3.05.